The SMILES string of the molecule is O=C(Nc1ccc2[nH]c(=O)[nH]c2c1)C1=Cc2ccccc2/C(=N/Nc2cccc(C(=O)O)c2)C1=O. The fraction of sp³-hybridized carbons (Fsp3) is 0. The number of aromatic nitrogens is 2. The van der Waals surface area contributed by atoms with Gasteiger partial charge in [-0.2, -0.15) is 5.10 Å². The van der Waals surface area contributed by atoms with Gasteiger partial charge in [-0.25, -0.2) is 9.59 Å². The van der Waals surface area contributed by atoms with Gasteiger partial charge in [-0.3, -0.25) is 15.0 Å². The van der Waals surface area contributed by atoms with Crippen LogP contribution < -0.4 is 16.4 Å². The second-order valence-corrected chi connectivity index (χ2v) is 7.73. The monoisotopic (exact) mass is 467 g/mol. The molecule has 4 aromatic rings. The zero-order valence-corrected chi connectivity index (χ0v) is 18.0. The number of ketones is 1. The smallest absolute Gasteiger partial charge is 0.335 e. The largest absolute Gasteiger partial charge is 0.478 e. The van der Waals surface area contributed by atoms with E-state index in [1.54, 1.807) is 54.6 Å². The lowest BCUT2D eigenvalue weighted by Crippen LogP contribution is -2.30. The summed E-state index contributed by atoms with van der Waals surface area (Å²) in [7, 11) is 0. The summed E-state index contributed by atoms with van der Waals surface area (Å²) in [5.41, 5.74) is 5.33. The lowest BCUT2D eigenvalue weighted by atomic mass is 9.89. The summed E-state index contributed by atoms with van der Waals surface area (Å²) in [5, 5.41) is 16.1. The number of nitrogens with zero attached hydrogens (tertiary/aromatic N) is 1. The van der Waals surface area contributed by atoms with Gasteiger partial charge in [0.2, 0.25) is 5.78 Å². The van der Waals surface area contributed by atoms with E-state index in [2.05, 4.69) is 25.8 Å². The van der Waals surface area contributed by atoms with Crippen LogP contribution in [0.4, 0.5) is 11.4 Å². The van der Waals surface area contributed by atoms with E-state index in [4.69, 9.17) is 0 Å². The molecule has 0 unspecified atom stereocenters. The maximum absolute atomic E-state index is 13.3. The molecule has 172 valence electrons. The van der Waals surface area contributed by atoms with Crippen molar-refractivity contribution in [1.82, 2.24) is 9.97 Å². The molecule has 0 saturated carbocycles. The topological polar surface area (TPSA) is 157 Å². The Morgan fingerprint density at radius 3 is 2.49 bits per heavy atom. The molecule has 1 aromatic heterocycles. The number of carboxylic acids is 1. The molecule has 0 saturated heterocycles. The maximum Gasteiger partial charge on any atom is 0.335 e. The van der Waals surface area contributed by atoms with Crippen LogP contribution in [0.25, 0.3) is 17.1 Å². The van der Waals surface area contributed by atoms with Crippen LogP contribution in [0.2, 0.25) is 0 Å². The van der Waals surface area contributed by atoms with E-state index in [-0.39, 0.29) is 22.5 Å². The van der Waals surface area contributed by atoms with Crippen molar-refractivity contribution in [3.63, 3.8) is 0 Å². The van der Waals surface area contributed by atoms with Crippen molar-refractivity contribution in [2.24, 2.45) is 5.10 Å². The van der Waals surface area contributed by atoms with Gasteiger partial charge in [-0.15, -0.1) is 0 Å². The molecule has 1 aliphatic rings. The summed E-state index contributed by atoms with van der Waals surface area (Å²) in [4.78, 5) is 54.3. The molecule has 10 heteroatoms. The predicted octanol–water partition coefficient (Wildman–Crippen LogP) is 2.98. The minimum Gasteiger partial charge on any atom is -0.478 e. The van der Waals surface area contributed by atoms with E-state index in [0.717, 1.165) is 0 Å². The van der Waals surface area contributed by atoms with Crippen molar-refractivity contribution in [3.8, 4) is 0 Å². The van der Waals surface area contributed by atoms with E-state index in [1.807, 2.05) is 0 Å². The van der Waals surface area contributed by atoms with Crippen LogP contribution in [0.15, 0.2) is 82.2 Å². The Bertz CT molecular complexity index is 1640. The number of carbonyl (C=O) groups excluding carboxylic acids is 2. The summed E-state index contributed by atoms with van der Waals surface area (Å²) in [6.45, 7) is 0. The number of carboxylic acid groups (broad SMARTS) is 1. The molecule has 35 heavy (non-hydrogen) atoms. The first-order valence-corrected chi connectivity index (χ1v) is 10.5. The van der Waals surface area contributed by atoms with Crippen molar-refractivity contribution in [2.75, 3.05) is 10.7 Å². The third-order valence-electron chi connectivity index (χ3n) is 5.40. The number of amides is 1. The molecule has 0 spiro atoms. The summed E-state index contributed by atoms with van der Waals surface area (Å²) in [6.07, 6.45) is 1.49. The summed E-state index contributed by atoms with van der Waals surface area (Å²) in [6, 6.07) is 17.8. The summed E-state index contributed by atoms with van der Waals surface area (Å²) < 4.78 is 0. The number of benzene rings is 3. The Morgan fingerprint density at radius 2 is 1.66 bits per heavy atom. The molecule has 1 heterocycles. The molecular formula is C25H17N5O5. The highest BCUT2D eigenvalue weighted by atomic mass is 16.4. The number of rotatable bonds is 5. The summed E-state index contributed by atoms with van der Waals surface area (Å²) in [5.74, 6) is -2.33. The number of anilines is 2. The Hall–Kier alpha value is -5.25. The first kappa shape index (κ1) is 21.6. The Balaban J connectivity index is 1.46. The number of aromatic carboxylic acids is 1. The number of carbonyl (C=O) groups is 3. The second-order valence-electron chi connectivity index (χ2n) is 7.73. The number of H-pyrrole nitrogens is 2. The predicted molar refractivity (Wildman–Crippen MR) is 131 cm³/mol. The molecule has 0 aliphatic heterocycles. The maximum atomic E-state index is 13.3. The fourth-order valence-corrected chi connectivity index (χ4v) is 3.74. The first-order valence-electron chi connectivity index (χ1n) is 10.5. The molecule has 1 amide bonds. The highest BCUT2D eigenvalue weighted by molar-refractivity contribution is 6.59. The van der Waals surface area contributed by atoms with E-state index in [9.17, 15) is 24.3 Å². The van der Waals surface area contributed by atoms with Crippen molar-refractivity contribution >= 4 is 51.9 Å². The van der Waals surface area contributed by atoms with Crippen LogP contribution in [0.5, 0.6) is 0 Å². The average molecular weight is 467 g/mol. The van der Waals surface area contributed by atoms with Gasteiger partial charge in [-0.1, -0.05) is 30.3 Å². The van der Waals surface area contributed by atoms with Crippen molar-refractivity contribution in [1.29, 1.82) is 0 Å². The van der Waals surface area contributed by atoms with Crippen LogP contribution in [-0.2, 0) is 9.59 Å². The van der Waals surface area contributed by atoms with Crippen molar-refractivity contribution in [3.05, 3.63) is 99.5 Å². The van der Waals surface area contributed by atoms with Crippen molar-refractivity contribution in [2.45, 2.75) is 0 Å². The number of hydrogen-bond donors (Lipinski definition) is 5. The normalized spacial score (nSPS) is 13.9. The standard InChI is InChI=1S/C25H17N5O5/c31-22-18(23(32)26-15-8-9-19-20(12-15)28-25(35)27-19)11-13-4-1-2-7-17(13)21(22)30-29-16-6-3-5-14(10-16)24(33)34/h1-12,29H,(H,26,32)(H,33,34)(H2,27,28,35)/b30-21-. The van der Waals surface area contributed by atoms with E-state index < -0.39 is 17.7 Å². The van der Waals surface area contributed by atoms with Gasteiger partial charge in [-0.05, 0) is 48.0 Å². The average Bonchev–Trinajstić information content (AvgIpc) is 3.22. The number of nitrogens with one attached hydrogen (secondary N) is 4. The van der Waals surface area contributed by atoms with Gasteiger partial charge in [0.05, 0.1) is 27.9 Å². The Kier molecular flexibility index (Phi) is 5.30. The summed E-state index contributed by atoms with van der Waals surface area (Å²) >= 11 is 0. The van der Waals surface area contributed by atoms with Gasteiger partial charge in [0.15, 0.2) is 0 Å². The number of aromatic amines is 2. The van der Waals surface area contributed by atoms with Crippen LogP contribution in [0.3, 0.4) is 0 Å². The number of hydrogen-bond acceptors (Lipinski definition) is 6. The van der Waals surface area contributed by atoms with Crippen molar-refractivity contribution < 1.29 is 19.5 Å². The van der Waals surface area contributed by atoms with Crippen LogP contribution >= 0.6 is 0 Å². The Morgan fingerprint density at radius 1 is 0.857 bits per heavy atom. The van der Waals surface area contributed by atoms with Gasteiger partial charge < -0.3 is 20.4 Å². The lowest BCUT2D eigenvalue weighted by Gasteiger charge is -2.17. The third-order valence-corrected chi connectivity index (χ3v) is 5.40. The number of fused-ring (bicyclic) bond motifs is 2. The van der Waals surface area contributed by atoms with Gasteiger partial charge >= 0.3 is 11.7 Å². The van der Waals surface area contributed by atoms with Crippen LogP contribution in [0, 0.1) is 0 Å². The zero-order valence-electron chi connectivity index (χ0n) is 18.0. The van der Waals surface area contributed by atoms with Crippen LogP contribution in [-0.4, -0.2) is 38.4 Å². The van der Waals surface area contributed by atoms with E-state index in [0.29, 0.717) is 33.5 Å². The molecule has 0 atom stereocenters. The lowest BCUT2D eigenvalue weighted by molar-refractivity contribution is -0.116. The molecule has 0 fully saturated rings. The highest BCUT2D eigenvalue weighted by Gasteiger charge is 2.30. The third kappa shape index (κ3) is 4.23. The number of hydrazone groups is 1. The second kappa shape index (κ2) is 8.60. The molecule has 0 bridgehead atoms. The molecule has 3 aromatic carbocycles. The van der Waals surface area contributed by atoms with E-state index in [1.165, 1.54) is 18.2 Å². The Labute approximate surface area is 197 Å². The fourth-order valence-electron chi connectivity index (χ4n) is 3.74. The van der Waals surface area contributed by atoms with Crippen LogP contribution in [0.1, 0.15) is 21.5 Å². The molecule has 0 radical (unpaired) electrons. The molecular weight excluding hydrogens is 450 g/mol. The first-order chi connectivity index (χ1) is 16.9. The molecule has 1 aliphatic carbocycles. The van der Waals surface area contributed by atoms with Gasteiger partial charge in [0.1, 0.15) is 5.71 Å². The van der Waals surface area contributed by atoms with Gasteiger partial charge in [0.25, 0.3) is 5.91 Å². The van der Waals surface area contributed by atoms with Gasteiger partial charge in [0, 0.05) is 11.3 Å². The quantitative estimate of drug-likeness (QED) is 0.224. The minimum atomic E-state index is -1.09. The highest BCUT2D eigenvalue weighted by Crippen LogP contribution is 2.24. The molecule has 10 nitrogen and oxygen atoms in total. The minimum absolute atomic E-state index is 0.0133. The van der Waals surface area contributed by atoms with E-state index >= 15 is 0 Å². The number of imidazole rings is 1. The molecule has 5 rings (SSSR count). The zero-order chi connectivity index (χ0) is 24.5. The molecule has 5 N–H and O–H groups in total. The number of Topliss-reactive ketones (excluding diaryl/α,β-unsaturated/α-hetero) is 1.